The third kappa shape index (κ3) is 4.20. The number of nitrogens with one attached hydrogen (secondary N) is 1. The Labute approximate surface area is 135 Å². The van der Waals surface area contributed by atoms with Crippen LogP contribution in [0.2, 0.25) is 0 Å². The lowest BCUT2D eigenvalue weighted by Crippen LogP contribution is -2.40. The molecule has 3 N–H and O–H groups in total. The van der Waals surface area contributed by atoms with Crippen LogP contribution in [-0.4, -0.2) is 31.6 Å². The molecule has 1 aliphatic heterocycles. The van der Waals surface area contributed by atoms with Gasteiger partial charge in [0.2, 0.25) is 0 Å². The number of nitrogens with zero attached hydrogens (tertiary/aromatic N) is 1. The normalized spacial score (nSPS) is 16.2. The summed E-state index contributed by atoms with van der Waals surface area (Å²) in [5.74, 6) is 0.292. The zero-order chi connectivity index (χ0) is 15.4. The quantitative estimate of drug-likeness (QED) is 0.855. The topological polar surface area (TPSA) is 58.4 Å². The molecule has 4 nitrogen and oxygen atoms in total. The number of amides is 1. The Kier molecular flexibility index (Phi) is 5.65. The minimum atomic E-state index is -0.373. The van der Waals surface area contributed by atoms with Gasteiger partial charge in [-0.05, 0) is 63.9 Å². The summed E-state index contributed by atoms with van der Waals surface area (Å²) >= 11 is 3.41. The first-order valence-electron chi connectivity index (χ1n) is 7.55. The summed E-state index contributed by atoms with van der Waals surface area (Å²) in [7, 11) is 0. The molecule has 5 heteroatoms. The molecule has 0 saturated carbocycles. The zero-order valence-electron chi connectivity index (χ0n) is 12.7. The summed E-state index contributed by atoms with van der Waals surface area (Å²) in [6.07, 6.45) is 2.37. The molecule has 0 radical (unpaired) electrons. The van der Waals surface area contributed by atoms with Crippen molar-refractivity contribution in [3.8, 4) is 0 Å². The standard InChI is InChI=1S/C16H24BrN3O/c1-11(2)20(10-12-5-7-19-8-6-12)15-4-3-13(17)9-14(15)16(18)21/h3-4,9,11-12,19H,5-8,10H2,1-2H3,(H2,18,21). The fraction of sp³-hybridized carbons (Fsp3) is 0.562. The van der Waals surface area contributed by atoms with Gasteiger partial charge in [-0.2, -0.15) is 0 Å². The summed E-state index contributed by atoms with van der Waals surface area (Å²) < 4.78 is 0.880. The highest BCUT2D eigenvalue weighted by molar-refractivity contribution is 9.10. The maximum Gasteiger partial charge on any atom is 0.250 e. The van der Waals surface area contributed by atoms with Crippen molar-refractivity contribution in [1.29, 1.82) is 0 Å². The van der Waals surface area contributed by atoms with E-state index in [1.807, 2.05) is 18.2 Å². The Balaban J connectivity index is 2.27. The number of halogens is 1. The molecular weight excluding hydrogens is 330 g/mol. The van der Waals surface area contributed by atoms with Crippen molar-refractivity contribution in [3.63, 3.8) is 0 Å². The lowest BCUT2D eigenvalue weighted by atomic mass is 9.96. The predicted molar refractivity (Wildman–Crippen MR) is 90.7 cm³/mol. The van der Waals surface area contributed by atoms with Crippen LogP contribution in [0.4, 0.5) is 5.69 Å². The molecule has 1 aromatic carbocycles. The highest BCUT2D eigenvalue weighted by Gasteiger charge is 2.22. The van der Waals surface area contributed by atoms with E-state index < -0.39 is 0 Å². The van der Waals surface area contributed by atoms with E-state index in [1.165, 1.54) is 12.8 Å². The van der Waals surface area contributed by atoms with Gasteiger partial charge in [-0.15, -0.1) is 0 Å². The van der Waals surface area contributed by atoms with Crippen LogP contribution in [0.3, 0.4) is 0 Å². The Morgan fingerprint density at radius 2 is 2.10 bits per heavy atom. The van der Waals surface area contributed by atoms with Crippen LogP contribution in [0.5, 0.6) is 0 Å². The Morgan fingerprint density at radius 3 is 2.67 bits per heavy atom. The molecule has 2 rings (SSSR count). The van der Waals surface area contributed by atoms with Gasteiger partial charge in [0, 0.05) is 22.7 Å². The molecule has 1 fully saturated rings. The van der Waals surface area contributed by atoms with Gasteiger partial charge in [-0.25, -0.2) is 0 Å². The van der Waals surface area contributed by atoms with Crippen LogP contribution >= 0.6 is 15.9 Å². The number of piperidine rings is 1. The van der Waals surface area contributed by atoms with Crippen molar-refractivity contribution in [1.82, 2.24) is 5.32 Å². The molecule has 1 aliphatic rings. The fourth-order valence-corrected chi connectivity index (χ4v) is 3.25. The van der Waals surface area contributed by atoms with Crippen LogP contribution in [0.25, 0.3) is 0 Å². The van der Waals surface area contributed by atoms with Gasteiger partial charge in [0.05, 0.1) is 5.56 Å². The number of anilines is 1. The van der Waals surface area contributed by atoms with Gasteiger partial charge in [0.25, 0.3) is 5.91 Å². The SMILES string of the molecule is CC(C)N(CC1CCNCC1)c1ccc(Br)cc1C(N)=O. The van der Waals surface area contributed by atoms with Crippen LogP contribution in [0.1, 0.15) is 37.0 Å². The van der Waals surface area contributed by atoms with Crippen molar-refractivity contribution in [2.45, 2.75) is 32.7 Å². The average Bonchev–Trinajstić information content (AvgIpc) is 2.46. The first-order valence-corrected chi connectivity index (χ1v) is 8.35. The second-order valence-electron chi connectivity index (χ2n) is 5.97. The van der Waals surface area contributed by atoms with Crippen LogP contribution in [0.15, 0.2) is 22.7 Å². The molecule has 0 aliphatic carbocycles. The molecule has 0 spiro atoms. The second kappa shape index (κ2) is 7.27. The minimum Gasteiger partial charge on any atom is -0.368 e. The summed E-state index contributed by atoms with van der Waals surface area (Å²) in [6.45, 7) is 7.46. The van der Waals surface area contributed by atoms with Crippen molar-refractivity contribution in [2.24, 2.45) is 11.7 Å². The number of carbonyl (C=O) groups is 1. The first-order chi connectivity index (χ1) is 9.99. The smallest absolute Gasteiger partial charge is 0.250 e. The van der Waals surface area contributed by atoms with Gasteiger partial charge >= 0.3 is 0 Å². The molecule has 1 amide bonds. The van der Waals surface area contributed by atoms with Crippen molar-refractivity contribution >= 4 is 27.5 Å². The van der Waals surface area contributed by atoms with Gasteiger partial charge in [0.1, 0.15) is 0 Å². The molecule has 1 aromatic rings. The van der Waals surface area contributed by atoms with Gasteiger partial charge in [-0.1, -0.05) is 15.9 Å². The van der Waals surface area contributed by atoms with E-state index >= 15 is 0 Å². The van der Waals surface area contributed by atoms with E-state index in [0.717, 1.165) is 29.8 Å². The summed E-state index contributed by atoms with van der Waals surface area (Å²) in [5, 5.41) is 3.40. The molecule has 0 atom stereocenters. The van der Waals surface area contributed by atoms with E-state index in [2.05, 4.69) is 40.0 Å². The van der Waals surface area contributed by atoms with E-state index in [-0.39, 0.29) is 5.91 Å². The summed E-state index contributed by atoms with van der Waals surface area (Å²) in [6, 6.07) is 6.11. The first kappa shape index (κ1) is 16.3. The van der Waals surface area contributed by atoms with Crippen molar-refractivity contribution < 1.29 is 4.79 Å². The van der Waals surface area contributed by atoms with Crippen LogP contribution in [-0.2, 0) is 0 Å². The molecule has 1 heterocycles. The molecular formula is C16H24BrN3O. The van der Waals surface area contributed by atoms with E-state index in [4.69, 9.17) is 5.73 Å². The van der Waals surface area contributed by atoms with Gasteiger partial charge < -0.3 is 16.0 Å². The maximum atomic E-state index is 11.8. The number of rotatable bonds is 5. The number of nitrogens with two attached hydrogens (primary N) is 1. The summed E-state index contributed by atoms with van der Waals surface area (Å²) in [5.41, 5.74) is 7.09. The summed E-state index contributed by atoms with van der Waals surface area (Å²) in [4.78, 5) is 14.1. The van der Waals surface area contributed by atoms with E-state index in [9.17, 15) is 4.79 Å². The highest BCUT2D eigenvalue weighted by atomic mass is 79.9. The zero-order valence-corrected chi connectivity index (χ0v) is 14.3. The Morgan fingerprint density at radius 1 is 1.43 bits per heavy atom. The van der Waals surface area contributed by atoms with Crippen molar-refractivity contribution in [3.05, 3.63) is 28.2 Å². The molecule has 0 aromatic heterocycles. The largest absolute Gasteiger partial charge is 0.368 e. The Bertz CT molecular complexity index is 498. The van der Waals surface area contributed by atoms with E-state index in [0.29, 0.717) is 17.5 Å². The number of carbonyl (C=O) groups excluding carboxylic acids is 1. The van der Waals surface area contributed by atoms with E-state index in [1.54, 1.807) is 0 Å². The van der Waals surface area contributed by atoms with Gasteiger partial charge in [0.15, 0.2) is 0 Å². The lowest BCUT2D eigenvalue weighted by Gasteiger charge is -2.35. The monoisotopic (exact) mass is 353 g/mol. The third-order valence-corrected chi connectivity index (χ3v) is 4.56. The van der Waals surface area contributed by atoms with Crippen LogP contribution in [0, 0.1) is 5.92 Å². The fourth-order valence-electron chi connectivity index (χ4n) is 2.89. The second-order valence-corrected chi connectivity index (χ2v) is 6.88. The van der Waals surface area contributed by atoms with Gasteiger partial charge in [-0.3, -0.25) is 4.79 Å². The maximum absolute atomic E-state index is 11.8. The van der Waals surface area contributed by atoms with Crippen molar-refractivity contribution in [2.75, 3.05) is 24.5 Å². The number of primary amides is 1. The third-order valence-electron chi connectivity index (χ3n) is 4.07. The average molecular weight is 354 g/mol. The lowest BCUT2D eigenvalue weighted by molar-refractivity contribution is 0.100. The van der Waals surface area contributed by atoms with Crippen LogP contribution < -0.4 is 16.0 Å². The molecule has 21 heavy (non-hydrogen) atoms. The minimum absolute atomic E-state index is 0.333. The molecule has 0 unspecified atom stereocenters. The number of hydrogen-bond acceptors (Lipinski definition) is 3. The highest BCUT2D eigenvalue weighted by Crippen LogP contribution is 2.28. The Hall–Kier alpha value is -1.07. The number of benzene rings is 1. The molecule has 0 bridgehead atoms. The number of hydrogen-bond donors (Lipinski definition) is 2. The molecule has 116 valence electrons. The molecule has 1 saturated heterocycles. The predicted octanol–water partition coefficient (Wildman–Crippen LogP) is 2.76.